The van der Waals surface area contributed by atoms with Crippen molar-refractivity contribution in [1.82, 2.24) is 0 Å². The fourth-order valence-electron chi connectivity index (χ4n) is 0.869. The topological polar surface area (TPSA) is 63.3 Å². The maximum atomic E-state index is 10.2. The van der Waals surface area contributed by atoms with Crippen molar-refractivity contribution >= 4 is 5.97 Å². The predicted octanol–water partition coefficient (Wildman–Crippen LogP) is 1.22. The molecule has 0 bridgehead atoms. The van der Waals surface area contributed by atoms with Crippen molar-refractivity contribution in [3.63, 3.8) is 0 Å². The summed E-state index contributed by atoms with van der Waals surface area (Å²) in [5, 5.41) is 8.42. The van der Waals surface area contributed by atoms with Gasteiger partial charge in [0.05, 0.1) is 0 Å². The Bertz CT molecular complexity index is 123. The molecule has 0 radical (unpaired) electrons. The van der Waals surface area contributed by atoms with Gasteiger partial charge >= 0.3 is 5.97 Å². The Balaban J connectivity index is 3.31. The van der Waals surface area contributed by atoms with Gasteiger partial charge in [-0.05, 0) is 12.3 Å². The molecule has 0 aliphatic heterocycles. The molecule has 0 amide bonds. The minimum Gasteiger partial charge on any atom is -0.480 e. The van der Waals surface area contributed by atoms with Gasteiger partial charge in [-0.15, -0.1) is 0 Å². The van der Waals surface area contributed by atoms with Crippen LogP contribution in [0.15, 0.2) is 0 Å². The fraction of sp³-hybridized carbons (Fsp3) is 0.875. The van der Waals surface area contributed by atoms with E-state index in [1.807, 2.05) is 0 Å². The van der Waals surface area contributed by atoms with Crippen LogP contribution in [0.1, 0.15) is 33.1 Å². The SMILES string of the molecule is CC(C)CCC[C@@H](N)C(=O)O. The normalized spacial score (nSPS) is 13.5. The molecule has 0 aliphatic rings. The van der Waals surface area contributed by atoms with E-state index in [4.69, 9.17) is 10.8 Å². The molecule has 0 aromatic heterocycles. The molecule has 11 heavy (non-hydrogen) atoms. The van der Waals surface area contributed by atoms with E-state index in [2.05, 4.69) is 13.8 Å². The molecule has 0 saturated carbocycles. The average Bonchev–Trinajstić information content (AvgIpc) is 1.86. The van der Waals surface area contributed by atoms with Gasteiger partial charge in [-0.25, -0.2) is 0 Å². The summed E-state index contributed by atoms with van der Waals surface area (Å²) in [4.78, 5) is 10.2. The van der Waals surface area contributed by atoms with E-state index in [1.54, 1.807) is 0 Å². The standard InChI is InChI=1S/C8H17NO2/c1-6(2)4-3-5-7(9)8(10)11/h6-7H,3-5,9H2,1-2H3,(H,10,11)/t7-/m1/s1. The lowest BCUT2D eigenvalue weighted by Gasteiger charge is -2.06. The molecule has 1 atom stereocenters. The van der Waals surface area contributed by atoms with Crippen molar-refractivity contribution in [2.75, 3.05) is 0 Å². The van der Waals surface area contributed by atoms with Gasteiger partial charge in [0, 0.05) is 0 Å². The summed E-state index contributed by atoms with van der Waals surface area (Å²) in [6, 6.07) is -0.672. The number of nitrogens with two attached hydrogens (primary N) is 1. The minimum atomic E-state index is -0.895. The quantitative estimate of drug-likeness (QED) is 0.634. The first-order valence-electron chi connectivity index (χ1n) is 4.02. The second-order valence-electron chi connectivity index (χ2n) is 3.27. The van der Waals surface area contributed by atoms with Gasteiger partial charge in [-0.1, -0.05) is 26.7 Å². The number of carboxylic acids is 1. The third kappa shape index (κ3) is 5.85. The van der Waals surface area contributed by atoms with E-state index >= 15 is 0 Å². The molecule has 0 aliphatic carbocycles. The summed E-state index contributed by atoms with van der Waals surface area (Å²) < 4.78 is 0. The Morgan fingerprint density at radius 1 is 1.45 bits per heavy atom. The van der Waals surface area contributed by atoms with Crippen molar-refractivity contribution in [2.24, 2.45) is 11.7 Å². The van der Waals surface area contributed by atoms with Crippen LogP contribution in [-0.2, 0) is 4.79 Å². The minimum absolute atomic E-state index is 0.591. The number of hydrogen-bond donors (Lipinski definition) is 2. The second kappa shape index (κ2) is 5.13. The van der Waals surface area contributed by atoms with E-state index in [9.17, 15) is 4.79 Å². The Kier molecular flexibility index (Phi) is 4.86. The molecule has 3 heteroatoms. The summed E-state index contributed by atoms with van der Waals surface area (Å²) in [5.74, 6) is -0.259. The number of aliphatic carboxylic acids is 1. The predicted molar refractivity (Wildman–Crippen MR) is 44.3 cm³/mol. The van der Waals surface area contributed by atoms with Crippen molar-refractivity contribution in [3.8, 4) is 0 Å². The molecule has 0 unspecified atom stereocenters. The first-order valence-corrected chi connectivity index (χ1v) is 4.02. The van der Waals surface area contributed by atoms with Crippen molar-refractivity contribution < 1.29 is 9.90 Å². The summed E-state index contributed by atoms with van der Waals surface area (Å²) in [6.07, 6.45) is 2.56. The molecular weight excluding hydrogens is 142 g/mol. The van der Waals surface area contributed by atoms with Gasteiger partial charge in [-0.3, -0.25) is 4.79 Å². The van der Waals surface area contributed by atoms with Crippen molar-refractivity contribution in [3.05, 3.63) is 0 Å². The van der Waals surface area contributed by atoms with Crippen LogP contribution in [0.4, 0.5) is 0 Å². The summed E-state index contributed by atoms with van der Waals surface area (Å²) >= 11 is 0. The molecule has 0 fully saturated rings. The Morgan fingerprint density at radius 3 is 2.36 bits per heavy atom. The zero-order valence-corrected chi connectivity index (χ0v) is 7.21. The summed E-state index contributed by atoms with van der Waals surface area (Å²) in [5.41, 5.74) is 5.30. The molecule has 0 rings (SSSR count). The maximum Gasteiger partial charge on any atom is 0.320 e. The molecule has 0 aromatic rings. The number of rotatable bonds is 5. The lowest BCUT2D eigenvalue weighted by Crippen LogP contribution is -2.29. The second-order valence-corrected chi connectivity index (χ2v) is 3.27. The largest absolute Gasteiger partial charge is 0.480 e. The highest BCUT2D eigenvalue weighted by atomic mass is 16.4. The van der Waals surface area contributed by atoms with Crippen LogP contribution >= 0.6 is 0 Å². The maximum absolute atomic E-state index is 10.2. The summed E-state index contributed by atoms with van der Waals surface area (Å²) in [7, 11) is 0. The molecular formula is C8H17NO2. The third-order valence-corrected chi connectivity index (χ3v) is 1.61. The number of carbonyl (C=O) groups is 1. The monoisotopic (exact) mass is 159 g/mol. The van der Waals surface area contributed by atoms with Crippen LogP contribution in [0, 0.1) is 5.92 Å². The Morgan fingerprint density at radius 2 is 2.00 bits per heavy atom. The van der Waals surface area contributed by atoms with Gasteiger partial charge < -0.3 is 10.8 Å². The van der Waals surface area contributed by atoms with Crippen LogP contribution in [0.25, 0.3) is 0 Å². The van der Waals surface area contributed by atoms with E-state index in [0.29, 0.717) is 12.3 Å². The van der Waals surface area contributed by atoms with E-state index in [-0.39, 0.29) is 0 Å². The molecule has 3 nitrogen and oxygen atoms in total. The van der Waals surface area contributed by atoms with Crippen LogP contribution in [0.2, 0.25) is 0 Å². The van der Waals surface area contributed by atoms with Crippen LogP contribution < -0.4 is 5.73 Å². The molecule has 3 N–H and O–H groups in total. The van der Waals surface area contributed by atoms with Crippen LogP contribution in [0.5, 0.6) is 0 Å². The Labute approximate surface area is 67.6 Å². The van der Waals surface area contributed by atoms with Gasteiger partial charge in [-0.2, -0.15) is 0 Å². The highest BCUT2D eigenvalue weighted by Crippen LogP contribution is 2.07. The van der Waals surface area contributed by atoms with Crippen LogP contribution in [-0.4, -0.2) is 17.1 Å². The van der Waals surface area contributed by atoms with Gasteiger partial charge in [0.2, 0.25) is 0 Å². The van der Waals surface area contributed by atoms with Gasteiger partial charge in [0.1, 0.15) is 6.04 Å². The lowest BCUT2D eigenvalue weighted by molar-refractivity contribution is -0.138. The van der Waals surface area contributed by atoms with E-state index in [1.165, 1.54) is 0 Å². The van der Waals surface area contributed by atoms with Crippen LogP contribution in [0.3, 0.4) is 0 Å². The smallest absolute Gasteiger partial charge is 0.320 e. The van der Waals surface area contributed by atoms with E-state index in [0.717, 1.165) is 12.8 Å². The number of carboxylic acid groups (broad SMARTS) is 1. The molecule has 0 aromatic carbocycles. The van der Waals surface area contributed by atoms with Crippen molar-refractivity contribution in [1.29, 1.82) is 0 Å². The molecule has 0 spiro atoms. The average molecular weight is 159 g/mol. The van der Waals surface area contributed by atoms with Gasteiger partial charge in [0.15, 0.2) is 0 Å². The third-order valence-electron chi connectivity index (χ3n) is 1.61. The zero-order valence-electron chi connectivity index (χ0n) is 7.21. The van der Waals surface area contributed by atoms with E-state index < -0.39 is 12.0 Å². The lowest BCUT2D eigenvalue weighted by atomic mass is 10.0. The first kappa shape index (κ1) is 10.4. The molecule has 0 saturated heterocycles. The first-order chi connectivity index (χ1) is 5.04. The number of hydrogen-bond acceptors (Lipinski definition) is 2. The fourth-order valence-corrected chi connectivity index (χ4v) is 0.869. The highest BCUT2D eigenvalue weighted by Gasteiger charge is 2.10. The highest BCUT2D eigenvalue weighted by molar-refractivity contribution is 5.72. The molecule has 66 valence electrons. The summed E-state index contributed by atoms with van der Waals surface area (Å²) in [6.45, 7) is 4.23. The van der Waals surface area contributed by atoms with Gasteiger partial charge in [0.25, 0.3) is 0 Å². The zero-order chi connectivity index (χ0) is 8.85. The van der Waals surface area contributed by atoms with Crippen molar-refractivity contribution in [2.45, 2.75) is 39.2 Å². The molecule has 0 heterocycles. The Hall–Kier alpha value is -0.570.